The molecule has 3 aromatic heterocycles. The number of nitrogens with one attached hydrogen (secondary N) is 4. The fourth-order valence-electron chi connectivity index (χ4n) is 8.23. The first-order valence-corrected chi connectivity index (χ1v) is 24.0. The molecule has 0 unspecified atom stereocenters. The highest BCUT2D eigenvalue weighted by Gasteiger charge is 2.44. The maximum absolute atomic E-state index is 14.0. The number of piperidine rings is 1. The molecular weight excluding hydrogens is 928 g/mol. The van der Waals surface area contributed by atoms with E-state index in [9.17, 15) is 29.1 Å². The van der Waals surface area contributed by atoms with Crippen LogP contribution in [0.4, 0.5) is 17.5 Å². The quantitative estimate of drug-likeness (QED) is 0.0780. The zero-order valence-corrected chi connectivity index (χ0v) is 41.1. The zero-order valence-electron chi connectivity index (χ0n) is 39.5. The van der Waals surface area contributed by atoms with Crippen molar-refractivity contribution < 1.29 is 38.5 Å². The molecule has 2 aliphatic rings. The van der Waals surface area contributed by atoms with E-state index in [2.05, 4.69) is 31.2 Å². The number of ether oxygens (including phenoxy) is 3. The third kappa shape index (κ3) is 12.7. The van der Waals surface area contributed by atoms with Crippen molar-refractivity contribution in [1.29, 1.82) is 0 Å². The van der Waals surface area contributed by atoms with Gasteiger partial charge in [-0.2, -0.15) is 4.98 Å². The van der Waals surface area contributed by atoms with Gasteiger partial charge < -0.3 is 55.0 Å². The Morgan fingerprint density at radius 3 is 2.45 bits per heavy atom. The molecule has 5 aromatic rings. The molecule has 0 bridgehead atoms. The minimum atomic E-state index is -0.983. The van der Waals surface area contributed by atoms with E-state index in [0.717, 1.165) is 21.7 Å². The smallest absolute Gasteiger partial charge is 0.293 e. The summed E-state index contributed by atoms with van der Waals surface area (Å²) in [6.45, 7) is 8.73. The third-order valence-corrected chi connectivity index (χ3v) is 13.3. The molecule has 5 heterocycles. The number of carbonyl (C=O) groups is 4. The molecule has 7 rings (SSSR count). The van der Waals surface area contributed by atoms with Crippen LogP contribution in [0.2, 0.25) is 5.02 Å². The molecule has 2 fully saturated rings. The summed E-state index contributed by atoms with van der Waals surface area (Å²) in [7, 11) is 3.12. The van der Waals surface area contributed by atoms with Crippen molar-refractivity contribution in [2.75, 3.05) is 63.3 Å². The van der Waals surface area contributed by atoms with Gasteiger partial charge in [-0.15, -0.1) is 11.3 Å². The summed E-state index contributed by atoms with van der Waals surface area (Å²) in [6.07, 6.45) is 2.09. The van der Waals surface area contributed by atoms with Gasteiger partial charge in [0.05, 0.1) is 53.2 Å². The predicted octanol–water partition coefficient (Wildman–Crippen LogP) is 4.09. The lowest BCUT2D eigenvalue weighted by Gasteiger charge is -2.35. The number of β-amino-alcohol motifs (C(OH)–C–C–N with tert-alkyl or cyclic N) is 1. The van der Waals surface area contributed by atoms with Crippen LogP contribution in [0.1, 0.15) is 51.3 Å². The normalized spacial score (nSPS) is 16.9. The fraction of sp³-hybridized carbons (Fsp3) is 0.458. The van der Waals surface area contributed by atoms with E-state index in [1.165, 1.54) is 22.7 Å². The summed E-state index contributed by atoms with van der Waals surface area (Å²) in [5, 5.41) is 23.1. The number of thiazole rings is 1. The number of carbonyl (C=O) groups excluding carboxylic acids is 4. The molecule has 0 saturated carbocycles. The lowest BCUT2D eigenvalue weighted by atomic mass is 9.85. The first kappa shape index (κ1) is 50.7. The zero-order chi connectivity index (χ0) is 49.4. The second-order valence-electron chi connectivity index (χ2n) is 18.2. The molecule has 368 valence electrons. The number of hydrogen-bond acceptors (Lipinski definition) is 15. The average Bonchev–Trinajstić information content (AvgIpc) is 3.95. The van der Waals surface area contributed by atoms with Crippen LogP contribution in [0.5, 0.6) is 5.75 Å². The van der Waals surface area contributed by atoms with Gasteiger partial charge >= 0.3 is 0 Å². The summed E-state index contributed by atoms with van der Waals surface area (Å²) >= 11 is 8.09. The van der Waals surface area contributed by atoms with Gasteiger partial charge in [0.1, 0.15) is 23.7 Å². The lowest BCUT2D eigenvalue weighted by Crippen LogP contribution is -2.58. The number of likely N-dealkylation sites (tertiary alicyclic amines) is 1. The summed E-state index contributed by atoms with van der Waals surface area (Å²) in [6, 6.07) is 13.0. The van der Waals surface area contributed by atoms with Crippen LogP contribution in [-0.4, -0.2) is 131 Å². The van der Waals surface area contributed by atoms with E-state index in [4.69, 9.17) is 30.8 Å². The number of likely N-dealkylation sites (N-methyl/N-ethyl adjacent to an activating group) is 1. The van der Waals surface area contributed by atoms with Crippen molar-refractivity contribution in [1.82, 2.24) is 40.4 Å². The number of amides is 4. The number of aryl methyl sites for hydroxylation is 2. The van der Waals surface area contributed by atoms with Gasteiger partial charge in [-0.25, -0.2) is 9.97 Å². The number of anilines is 3. The van der Waals surface area contributed by atoms with Crippen molar-refractivity contribution in [3.8, 4) is 16.2 Å². The molecule has 0 radical (unpaired) electrons. The molecule has 3 atom stereocenters. The highest BCUT2D eigenvalue weighted by molar-refractivity contribution is 7.13. The molecule has 69 heavy (non-hydrogen) atoms. The number of fused-ring (bicyclic) bond motifs is 1. The number of hydrogen-bond donors (Lipinski definition) is 5. The number of aliphatic hydroxyl groups is 1. The van der Waals surface area contributed by atoms with E-state index in [1.807, 2.05) is 74.5 Å². The number of aromatic nitrogens is 4. The number of aliphatic hydroxyl groups excluding tert-OH is 1. The van der Waals surface area contributed by atoms with Crippen molar-refractivity contribution >= 4 is 74.9 Å². The van der Waals surface area contributed by atoms with Crippen molar-refractivity contribution in [2.24, 2.45) is 12.5 Å². The van der Waals surface area contributed by atoms with E-state index < -0.39 is 35.4 Å². The maximum Gasteiger partial charge on any atom is 0.293 e. The third-order valence-electron chi connectivity index (χ3n) is 12.1. The monoisotopic (exact) mass is 986 g/mol. The largest absolute Gasteiger partial charge is 0.478 e. The molecule has 2 aliphatic heterocycles. The second kappa shape index (κ2) is 22.5. The number of benzene rings is 2. The van der Waals surface area contributed by atoms with Gasteiger partial charge in [-0.05, 0) is 60.6 Å². The lowest BCUT2D eigenvalue weighted by molar-refractivity contribution is -0.144. The number of nitrogens with zero attached hydrogens (tertiary/aromatic N) is 6. The van der Waals surface area contributed by atoms with Gasteiger partial charge in [0, 0.05) is 57.8 Å². The summed E-state index contributed by atoms with van der Waals surface area (Å²) in [4.78, 5) is 83.2. The molecule has 4 amide bonds. The second-order valence-corrected chi connectivity index (χ2v) is 19.4. The highest BCUT2D eigenvalue weighted by Crippen LogP contribution is 2.31. The molecular formula is C48H59ClN10O9S. The van der Waals surface area contributed by atoms with Crippen LogP contribution >= 0.6 is 22.9 Å². The Balaban J connectivity index is 0.844. The summed E-state index contributed by atoms with van der Waals surface area (Å²) in [5.74, 6) is -0.735. The van der Waals surface area contributed by atoms with Gasteiger partial charge in [-0.1, -0.05) is 56.6 Å². The van der Waals surface area contributed by atoms with Gasteiger partial charge in [0.2, 0.25) is 23.7 Å². The van der Waals surface area contributed by atoms with E-state index in [1.54, 1.807) is 30.5 Å². The SMILES string of the molecule is CNC(=O)COc1cc2cc(Nc3nc(N4CCC(OCCOCC(=O)N[C@H](C(=O)N5C[C@H](O)C[C@H]5C(=O)NCc5ccc(-c6scnc6C)cc5)C(C)(C)C)CC4)ncc3Cl)ccc2n(C)c1=O. The summed E-state index contributed by atoms with van der Waals surface area (Å²) < 4.78 is 18.7. The number of rotatable bonds is 18. The Morgan fingerprint density at radius 2 is 1.75 bits per heavy atom. The molecule has 21 heteroatoms. The van der Waals surface area contributed by atoms with Crippen molar-refractivity contribution in [3.05, 3.63) is 86.9 Å². The molecule has 2 saturated heterocycles. The van der Waals surface area contributed by atoms with Crippen LogP contribution in [0.15, 0.2) is 65.0 Å². The molecule has 0 spiro atoms. The van der Waals surface area contributed by atoms with Crippen molar-refractivity contribution in [2.45, 2.75) is 77.8 Å². The Morgan fingerprint density at radius 1 is 1.00 bits per heavy atom. The molecule has 5 N–H and O–H groups in total. The Labute approximate surface area is 408 Å². The van der Waals surface area contributed by atoms with E-state index in [0.29, 0.717) is 59.3 Å². The van der Waals surface area contributed by atoms with Gasteiger partial charge in [-0.3, -0.25) is 24.0 Å². The minimum Gasteiger partial charge on any atom is -0.478 e. The Hall–Kier alpha value is -6.19. The van der Waals surface area contributed by atoms with Crippen LogP contribution in [0, 0.1) is 12.3 Å². The van der Waals surface area contributed by atoms with Crippen LogP contribution in [-0.2, 0) is 42.2 Å². The number of halogens is 1. The topological polar surface area (TPSA) is 231 Å². The standard InChI is InChI=1S/C48H59ClN10O9S/c1-28-41(69-27-53-28)30-9-7-29(8-10-30)22-51-44(63)37-21-33(60)24-59(37)46(65)42(48(2,3)4)55-40(62)25-66-17-18-67-34-13-15-58(16-14-34)47-52-23-35(49)43(56-47)54-32-11-12-36-31(19-32)20-38(45(64)57(36)6)68-26-39(61)50-5/h7-12,19-20,23,27,33-34,37,42,60H,13-18,21-22,24-26H2,1-6H3,(H,50,61)(H,51,63)(H,55,62)(H,52,54,56)/t33-,37+,42-/m1/s1. The molecule has 0 aliphatic carbocycles. The molecule has 19 nitrogen and oxygen atoms in total. The molecule has 2 aromatic carbocycles. The first-order chi connectivity index (χ1) is 33.0. The summed E-state index contributed by atoms with van der Waals surface area (Å²) in [5.41, 5.74) is 4.94. The van der Waals surface area contributed by atoms with E-state index in [-0.39, 0.29) is 75.2 Å². The fourth-order valence-corrected chi connectivity index (χ4v) is 9.18. The number of pyridine rings is 1. The average molecular weight is 988 g/mol. The van der Waals surface area contributed by atoms with E-state index >= 15 is 0 Å². The van der Waals surface area contributed by atoms with Crippen LogP contribution < -0.4 is 36.5 Å². The highest BCUT2D eigenvalue weighted by atomic mass is 35.5. The predicted molar refractivity (Wildman–Crippen MR) is 263 cm³/mol. The maximum atomic E-state index is 14.0. The van der Waals surface area contributed by atoms with Gasteiger partial charge in [0.15, 0.2) is 18.2 Å². The minimum absolute atomic E-state index is 0.0280. The Bertz CT molecular complexity index is 2700. The van der Waals surface area contributed by atoms with Gasteiger partial charge in [0.25, 0.3) is 11.5 Å². The van der Waals surface area contributed by atoms with Crippen LogP contribution in [0.3, 0.4) is 0 Å². The van der Waals surface area contributed by atoms with Crippen LogP contribution in [0.25, 0.3) is 21.3 Å². The van der Waals surface area contributed by atoms with Crippen molar-refractivity contribution in [3.63, 3.8) is 0 Å². The first-order valence-electron chi connectivity index (χ1n) is 22.7. The Kier molecular flexibility index (Phi) is 16.5.